The molecule has 7 heteroatoms. The molecule has 192 valence electrons. The highest BCUT2D eigenvalue weighted by molar-refractivity contribution is 5.81. The molecule has 33 heavy (non-hydrogen) atoms. The van der Waals surface area contributed by atoms with Crippen molar-refractivity contribution in [3.63, 3.8) is 0 Å². The molecule has 0 saturated heterocycles. The van der Waals surface area contributed by atoms with Crippen molar-refractivity contribution >= 4 is 17.9 Å². The Balaban J connectivity index is 0.000000621. The third kappa shape index (κ3) is 10.3. The maximum atomic E-state index is 12.1. The number of esters is 3. The normalized spacial score (nSPS) is 16.3. The minimum atomic E-state index is -1.02. The van der Waals surface area contributed by atoms with Crippen molar-refractivity contribution < 1.29 is 33.7 Å². The summed E-state index contributed by atoms with van der Waals surface area (Å²) in [4.78, 5) is 34.4. The first-order chi connectivity index (χ1) is 15.2. The Bertz CT molecular complexity index is 643. The molecule has 0 aromatic rings. The van der Waals surface area contributed by atoms with Gasteiger partial charge in [-0.15, -0.1) is 0 Å². The maximum absolute atomic E-state index is 12.1. The first-order valence-corrected chi connectivity index (χ1v) is 12.0. The minimum absolute atomic E-state index is 0.0226. The van der Waals surface area contributed by atoms with E-state index in [1.54, 1.807) is 13.8 Å². The van der Waals surface area contributed by atoms with E-state index in [0.717, 1.165) is 25.3 Å². The fourth-order valence-electron chi connectivity index (χ4n) is 3.03. The molecule has 0 spiro atoms. The zero-order valence-corrected chi connectivity index (χ0v) is 22.0. The molecule has 0 amide bonds. The second-order valence-electron chi connectivity index (χ2n) is 10.4. The molecule has 0 aromatic heterocycles. The van der Waals surface area contributed by atoms with Crippen LogP contribution in [0.15, 0.2) is 12.7 Å². The van der Waals surface area contributed by atoms with Gasteiger partial charge in [0.1, 0.15) is 24.9 Å². The van der Waals surface area contributed by atoms with Crippen LogP contribution in [0.25, 0.3) is 0 Å². The standard InChI is InChI=1S/C14H26O2.C12H20O5/c1-6-13(4,5)12(15)16-14(11(2)3)9-7-8-10-14;1-5-10(14)16-7-9(13)8-17-11(15)12(3,4)6-2/h11H,6-10H2,1-5H3;5,9,13H,1,6-8H2,2-4H3. The molecule has 0 aliphatic heterocycles. The molecule has 0 heterocycles. The van der Waals surface area contributed by atoms with Gasteiger partial charge < -0.3 is 19.3 Å². The SMILES string of the molecule is C=CC(=O)OCC(O)COC(=O)C(C)(C)CC.CCC(C)(C)C(=O)OC1(C(C)C)CCCC1. The van der Waals surface area contributed by atoms with Gasteiger partial charge in [-0.05, 0) is 72.1 Å². The van der Waals surface area contributed by atoms with Crippen LogP contribution in [0.4, 0.5) is 0 Å². The molecule has 0 radical (unpaired) electrons. The average Bonchev–Trinajstić information content (AvgIpc) is 3.25. The molecule has 0 aromatic carbocycles. The monoisotopic (exact) mass is 470 g/mol. The summed E-state index contributed by atoms with van der Waals surface area (Å²) in [5, 5.41) is 9.39. The number of ether oxygens (including phenoxy) is 3. The topological polar surface area (TPSA) is 99.1 Å². The lowest BCUT2D eigenvalue weighted by atomic mass is 9.86. The first kappa shape index (κ1) is 31.1. The van der Waals surface area contributed by atoms with Gasteiger partial charge in [-0.2, -0.15) is 0 Å². The minimum Gasteiger partial charge on any atom is -0.462 e. The van der Waals surface area contributed by atoms with Crippen molar-refractivity contribution in [1.82, 2.24) is 0 Å². The molecule has 1 aliphatic rings. The van der Waals surface area contributed by atoms with Gasteiger partial charge in [-0.3, -0.25) is 9.59 Å². The smallest absolute Gasteiger partial charge is 0.330 e. The molecule has 1 unspecified atom stereocenters. The van der Waals surface area contributed by atoms with E-state index in [1.165, 1.54) is 12.8 Å². The Hall–Kier alpha value is -1.89. The van der Waals surface area contributed by atoms with E-state index in [4.69, 9.17) is 9.47 Å². The van der Waals surface area contributed by atoms with Crippen LogP contribution in [0.5, 0.6) is 0 Å². The van der Waals surface area contributed by atoms with Gasteiger partial charge in [0, 0.05) is 6.08 Å². The van der Waals surface area contributed by atoms with Crippen molar-refractivity contribution in [3.05, 3.63) is 12.7 Å². The average molecular weight is 471 g/mol. The van der Waals surface area contributed by atoms with Gasteiger partial charge in [0.25, 0.3) is 0 Å². The van der Waals surface area contributed by atoms with Crippen LogP contribution < -0.4 is 0 Å². The van der Waals surface area contributed by atoms with Gasteiger partial charge in [-0.1, -0.05) is 34.3 Å². The Labute approximate surface area is 200 Å². The van der Waals surface area contributed by atoms with Gasteiger partial charge in [0.2, 0.25) is 0 Å². The Morgan fingerprint density at radius 3 is 1.82 bits per heavy atom. The zero-order chi connectivity index (χ0) is 25.9. The molecule has 1 fully saturated rings. The summed E-state index contributed by atoms with van der Waals surface area (Å²) >= 11 is 0. The van der Waals surface area contributed by atoms with E-state index >= 15 is 0 Å². The lowest BCUT2D eigenvalue weighted by molar-refractivity contribution is -0.175. The summed E-state index contributed by atoms with van der Waals surface area (Å²) in [6, 6.07) is 0. The van der Waals surface area contributed by atoms with Crippen molar-refractivity contribution in [3.8, 4) is 0 Å². The molecule has 1 N–H and O–H groups in total. The fraction of sp³-hybridized carbons (Fsp3) is 0.808. The highest BCUT2D eigenvalue weighted by Gasteiger charge is 2.43. The molecule has 0 bridgehead atoms. The molecular weight excluding hydrogens is 424 g/mol. The Morgan fingerprint density at radius 2 is 1.39 bits per heavy atom. The lowest BCUT2D eigenvalue weighted by Crippen LogP contribution is -2.41. The number of carbonyl (C=O) groups excluding carboxylic acids is 3. The van der Waals surface area contributed by atoms with Crippen LogP contribution in [-0.2, 0) is 28.6 Å². The molecule has 7 nitrogen and oxygen atoms in total. The van der Waals surface area contributed by atoms with Gasteiger partial charge >= 0.3 is 17.9 Å². The number of hydrogen-bond donors (Lipinski definition) is 1. The van der Waals surface area contributed by atoms with Crippen LogP contribution in [0.2, 0.25) is 0 Å². The third-order valence-electron chi connectivity index (χ3n) is 6.66. The molecule has 1 rings (SSSR count). The van der Waals surface area contributed by atoms with E-state index in [-0.39, 0.29) is 36.2 Å². The quantitative estimate of drug-likeness (QED) is 0.258. The maximum Gasteiger partial charge on any atom is 0.330 e. The van der Waals surface area contributed by atoms with Crippen molar-refractivity contribution in [2.24, 2.45) is 16.7 Å². The van der Waals surface area contributed by atoms with Crippen molar-refractivity contribution in [1.29, 1.82) is 0 Å². The van der Waals surface area contributed by atoms with Crippen LogP contribution in [0.3, 0.4) is 0 Å². The second-order valence-corrected chi connectivity index (χ2v) is 10.4. The van der Waals surface area contributed by atoms with E-state index in [2.05, 4.69) is 25.2 Å². The Morgan fingerprint density at radius 1 is 0.939 bits per heavy atom. The zero-order valence-electron chi connectivity index (χ0n) is 22.0. The summed E-state index contributed by atoms with van der Waals surface area (Å²) in [7, 11) is 0. The number of carbonyl (C=O) groups is 3. The lowest BCUT2D eigenvalue weighted by Gasteiger charge is -2.36. The summed E-state index contributed by atoms with van der Waals surface area (Å²) in [5.41, 5.74) is -1.09. The predicted octanol–water partition coefficient (Wildman–Crippen LogP) is 4.99. The Kier molecular flexibility index (Phi) is 12.9. The number of aliphatic hydroxyl groups is 1. The van der Waals surface area contributed by atoms with Crippen LogP contribution >= 0.6 is 0 Å². The van der Waals surface area contributed by atoms with Crippen LogP contribution in [0, 0.1) is 16.7 Å². The van der Waals surface area contributed by atoms with E-state index in [1.807, 2.05) is 27.7 Å². The summed E-state index contributed by atoms with van der Waals surface area (Å²) < 4.78 is 15.4. The molecular formula is C26H46O7. The number of aliphatic hydroxyl groups excluding tert-OH is 1. The molecule has 1 saturated carbocycles. The van der Waals surface area contributed by atoms with E-state index < -0.39 is 17.5 Å². The summed E-state index contributed by atoms with van der Waals surface area (Å²) in [6.45, 7) is 18.5. The third-order valence-corrected chi connectivity index (χ3v) is 6.66. The van der Waals surface area contributed by atoms with E-state index in [9.17, 15) is 19.5 Å². The van der Waals surface area contributed by atoms with Crippen LogP contribution in [-0.4, -0.2) is 47.9 Å². The highest BCUT2D eigenvalue weighted by atomic mass is 16.6. The molecule has 1 aliphatic carbocycles. The predicted molar refractivity (Wildman–Crippen MR) is 128 cm³/mol. The van der Waals surface area contributed by atoms with Gasteiger partial charge in [0.05, 0.1) is 10.8 Å². The molecule has 1 atom stereocenters. The van der Waals surface area contributed by atoms with Crippen LogP contribution in [0.1, 0.15) is 93.9 Å². The van der Waals surface area contributed by atoms with Crippen molar-refractivity contribution in [2.45, 2.75) is 106 Å². The van der Waals surface area contributed by atoms with Gasteiger partial charge in [0.15, 0.2) is 0 Å². The fourth-order valence-corrected chi connectivity index (χ4v) is 3.03. The van der Waals surface area contributed by atoms with E-state index in [0.29, 0.717) is 12.3 Å². The summed E-state index contributed by atoms with van der Waals surface area (Å²) in [5.74, 6) is -0.601. The highest BCUT2D eigenvalue weighted by Crippen LogP contribution is 2.41. The van der Waals surface area contributed by atoms with Crippen molar-refractivity contribution in [2.75, 3.05) is 13.2 Å². The first-order valence-electron chi connectivity index (χ1n) is 12.0. The largest absolute Gasteiger partial charge is 0.462 e. The second kappa shape index (κ2) is 13.7. The number of hydrogen-bond acceptors (Lipinski definition) is 7. The summed E-state index contributed by atoms with van der Waals surface area (Å²) in [6.07, 6.45) is 5.92. The van der Waals surface area contributed by atoms with Gasteiger partial charge in [-0.25, -0.2) is 4.79 Å². The number of rotatable bonds is 11.